The Labute approximate surface area is 232 Å². The van der Waals surface area contributed by atoms with Crippen molar-refractivity contribution in [2.75, 3.05) is 19.8 Å². The van der Waals surface area contributed by atoms with E-state index in [9.17, 15) is 19.2 Å². The van der Waals surface area contributed by atoms with Crippen molar-refractivity contribution >= 4 is 34.4 Å². The number of ether oxygens (including phenoxy) is 2. The van der Waals surface area contributed by atoms with Crippen molar-refractivity contribution in [3.8, 4) is 11.1 Å². The van der Waals surface area contributed by atoms with Crippen LogP contribution in [0.3, 0.4) is 0 Å². The maximum atomic E-state index is 12.6. The number of rotatable bonds is 9. The van der Waals surface area contributed by atoms with Gasteiger partial charge in [0.1, 0.15) is 17.8 Å². The lowest BCUT2D eigenvalue weighted by molar-refractivity contribution is -0.145. The average molecular weight is 544 g/mol. The van der Waals surface area contributed by atoms with E-state index in [0.717, 1.165) is 29.5 Å². The van der Waals surface area contributed by atoms with E-state index >= 15 is 0 Å². The van der Waals surface area contributed by atoms with E-state index in [1.165, 1.54) is 0 Å². The van der Waals surface area contributed by atoms with Crippen LogP contribution in [0.1, 0.15) is 54.0 Å². The fourth-order valence-electron chi connectivity index (χ4n) is 5.15. The zero-order valence-corrected chi connectivity index (χ0v) is 22.6. The third-order valence-electron chi connectivity index (χ3n) is 7.50. The van der Waals surface area contributed by atoms with Gasteiger partial charge in [-0.15, -0.1) is 0 Å². The first-order chi connectivity index (χ1) is 19.3. The van der Waals surface area contributed by atoms with Crippen molar-refractivity contribution in [2.45, 2.75) is 51.2 Å². The molecule has 2 saturated heterocycles. The first-order valence-electron chi connectivity index (χ1n) is 13.7. The minimum atomic E-state index is -0.409. The first-order valence-corrected chi connectivity index (χ1v) is 13.7. The number of carbonyl (C=O) groups excluding carboxylic acids is 4. The number of aromatic nitrogens is 1. The first kappa shape index (κ1) is 27.6. The molecule has 4 atom stereocenters. The van der Waals surface area contributed by atoms with Crippen molar-refractivity contribution in [2.24, 2.45) is 5.92 Å². The zero-order valence-electron chi connectivity index (χ0n) is 22.6. The van der Waals surface area contributed by atoms with Gasteiger partial charge in [0, 0.05) is 17.0 Å². The summed E-state index contributed by atoms with van der Waals surface area (Å²) in [6, 6.07) is 15.8. The van der Waals surface area contributed by atoms with Crippen molar-refractivity contribution in [3.63, 3.8) is 0 Å². The summed E-state index contributed by atoms with van der Waals surface area (Å²) in [6.07, 6.45) is 2.32. The highest BCUT2D eigenvalue weighted by atomic mass is 16.5. The van der Waals surface area contributed by atoms with Gasteiger partial charge >= 0.3 is 11.9 Å². The number of hydrogen-bond acceptors (Lipinski definition) is 9. The Kier molecular flexibility index (Phi) is 8.32. The van der Waals surface area contributed by atoms with Crippen molar-refractivity contribution in [3.05, 3.63) is 65.9 Å². The highest BCUT2D eigenvalue weighted by molar-refractivity contribution is 6.00. The lowest BCUT2D eigenvalue weighted by atomic mass is 10.0. The third kappa shape index (κ3) is 6.43. The number of benzene rings is 2. The lowest BCUT2D eigenvalue weighted by Crippen LogP contribution is -2.36. The van der Waals surface area contributed by atoms with Crippen LogP contribution in [0.25, 0.3) is 22.0 Å². The Morgan fingerprint density at radius 3 is 2.20 bits per heavy atom. The quantitative estimate of drug-likeness (QED) is 0.308. The molecule has 9 heteroatoms. The number of hydrogen-bond donors (Lipinski definition) is 2. The molecule has 2 aliphatic heterocycles. The van der Waals surface area contributed by atoms with Crippen LogP contribution < -0.4 is 10.6 Å². The van der Waals surface area contributed by atoms with Crippen LogP contribution in [-0.2, 0) is 19.1 Å². The second kappa shape index (κ2) is 12.1. The standard InChI is InChI=1S/C31H33N3O6/c1-18-13-27(32-15-18)31(38)39-16-28(35)21-6-4-20(5-7-21)22-8-11-24-23(14-22)9-12-25(34-24)29(36)17-40-30(37)26-10-3-19(2)33-26/h4-9,11-12,14,18-19,26-27,32-33H,3,10,13,15-17H2,1-2H3/t18-,19-,26-,27-/m0/s1. The molecule has 3 aromatic rings. The molecule has 3 heterocycles. The fourth-order valence-corrected chi connectivity index (χ4v) is 5.15. The molecular formula is C31H33N3O6. The van der Waals surface area contributed by atoms with Crippen molar-refractivity contribution < 1.29 is 28.7 Å². The highest BCUT2D eigenvalue weighted by Crippen LogP contribution is 2.25. The molecule has 0 unspecified atom stereocenters. The second-order valence-electron chi connectivity index (χ2n) is 10.7. The molecule has 0 radical (unpaired) electrons. The van der Waals surface area contributed by atoms with Gasteiger partial charge in [-0.25, -0.2) is 4.98 Å². The third-order valence-corrected chi connectivity index (χ3v) is 7.50. The van der Waals surface area contributed by atoms with Crippen LogP contribution >= 0.6 is 0 Å². The van der Waals surface area contributed by atoms with Crippen LogP contribution in [0, 0.1) is 5.92 Å². The molecule has 0 saturated carbocycles. The number of nitrogens with one attached hydrogen (secondary N) is 2. The maximum Gasteiger partial charge on any atom is 0.323 e. The summed E-state index contributed by atoms with van der Waals surface area (Å²) >= 11 is 0. The normalized spacial score (nSPS) is 22.2. The van der Waals surface area contributed by atoms with Crippen LogP contribution in [0.2, 0.25) is 0 Å². The zero-order chi connectivity index (χ0) is 28.2. The molecule has 2 fully saturated rings. The Balaban J connectivity index is 1.17. The molecule has 0 aliphatic carbocycles. The minimum Gasteiger partial charge on any atom is -0.456 e. The smallest absolute Gasteiger partial charge is 0.323 e. The molecule has 2 aromatic carbocycles. The summed E-state index contributed by atoms with van der Waals surface area (Å²) in [5, 5.41) is 7.11. The summed E-state index contributed by atoms with van der Waals surface area (Å²) in [6.45, 7) is 4.21. The minimum absolute atomic E-state index is 0.239. The monoisotopic (exact) mass is 543 g/mol. The van der Waals surface area contributed by atoms with E-state index < -0.39 is 5.97 Å². The molecule has 0 bridgehead atoms. The largest absolute Gasteiger partial charge is 0.456 e. The van der Waals surface area contributed by atoms with E-state index in [-0.39, 0.29) is 54.6 Å². The van der Waals surface area contributed by atoms with E-state index in [2.05, 4.69) is 22.5 Å². The number of pyridine rings is 1. The van der Waals surface area contributed by atoms with E-state index in [1.807, 2.05) is 43.3 Å². The molecule has 2 aliphatic rings. The highest BCUT2D eigenvalue weighted by Gasteiger charge is 2.29. The van der Waals surface area contributed by atoms with Crippen LogP contribution in [-0.4, -0.2) is 66.4 Å². The van der Waals surface area contributed by atoms with Crippen molar-refractivity contribution in [1.82, 2.24) is 15.6 Å². The van der Waals surface area contributed by atoms with Gasteiger partial charge in [0.15, 0.2) is 19.0 Å². The average Bonchev–Trinajstić information content (AvgIpc) is 3.62. The molecule has 9 nitrogen and oxygen atoms in total. The Hall–Kier alpha value is -3.95. The molecule has 5 rings (SSSR count). The number of nitrogens with zero attached hydrogens (tertiary/aromatic N) is 1. The number of fused-ring (bicyclic) bond motifs is 1. The van der Waals surface area contributed by atoms with Gasteiger partial charge in [-0.1, -0.05) is 43.3 Å². The van der Waals surface area contributed by atoms with E-state index in [0.29, 0.717) is 29.8 Å². The predicted octanol–water partition coefficient (Wildman–Crippen LogP) is 3.49. The van der Waals surface area contributed by atoms with Gasteiger partial charge in [0.05, 0.1) is 5.52 Å². The Morgan fingerprint density at radius 1 is 0.825 bits per heavy atom. The van der Waals surface area contributed by atoms with Crippen LogP contribution in [0.4, 0.5) is 0 Å². The van der Waals surface area contributed by atoms with Crippen LogP contribution in [0.5, 0.6) is 0 Å². The SMILES string of the molecule is C[C@@H]1CN[C@H](C(=O)OCC(=O)c2ccc(-c3ccc4nc(C(=O)COC(=O)[C@@H]5CC[C@H](C)N5)ccc4c3)cc2)C1. The molecule has 208 valence electrons. The van der Waals surface area contributed by atoms with Gasteiger partial charge in [-0.2, -0.15) is 0 Å². The molecule has 1 aromatic heterocycles. The maximum absolute atomic E-state index is 12.6. The topological polar surface area (TPSA) is 124 Å². The van der Waals surface area contributed by atoms with Gasteiger partial charge in [-0.3, -0.25) is 19.2 Å². The predicted molar refractivity (Wildman–Crippen MR) is 149 cm³/mol. The Bertz CT molecular complexity index is 1440. The number of carbonyl (C=O) groups is 4. The van der Waals surface area contributed by atoms with Gasteiger partial charge in [0.25, 0.3) is 0 Å². The van der Waals surface area contributed by atoms with E-state index in [1.54, 1.807) is 18.2 Å². The van der Waals surface area contributed by atoms with Gasteiger partial charge in [-0.05, 0) is 68.0 Å². The molecule has 0 spiro atoms. The molecule has 0 amide bonds. The summed E-state index contributed by atoms with van der Waals surface area (Å²) < 4.78 is 10.4. The van der Waals surface area contributed by atoms with Gasteiger partial charge in [0.2, 0.25) is 5.78 Å². The summed E-state index contributed by atoms with van der Waals surface area (Å²) in [4.78, 5) is 53.9. The second-order valence-corrected chi connectivity index (χ2v) is 10.7. The fraction of sp³-hybridized carbons (Fsp3) is 0.387. The van der Waals surface area contributed by atoms with Crippen molar-refractivity contribution in [1.29, 1.82) is 0 Å². The molecule has 2 N–H and O–H groups in total. The Morgan fingerprint density at radius 2 is 1.52 bits per heavy atom. The van der Waals surface area contributed by atoms with E-state index in [4.69, 9.17) is 9.47 Å². The number of Topliss-reactive ketones (excluding diaryl/α,β-unsaturated/α-hetero) is 2. The molecular weight excluding hydrogens is 510 g/mol. The molecule has 40 heavy (non-hydrogen) atoms. The lowest BCUT2D eigenvalue weighted by Gasteiger charge is -2.11. The summed E-state index contributed by atoms with van der Waals surface area (Å²) in [5.41, 5.74) is 3.18. The summed E-state index contributed by atoms with van der Waals surface area (Å²) in [7, 11) is 0. The summed E-state index contributed by atoms with van der Waals surface area (Å²) in [5.74, 6) is -0.999. The van der Waals surface area contributed by atoms with Crippen LogP contribution in [0.15, 0.2) is 54.6 Å². The number of esters is 2. The number of ketones is 2. The van der Waals surface area contributed by atoms with Gasteiger partial charge < -0.3 is 20.1 Å².